The number of carbonyl (C=O) groups is 2. The third-order valence-electron chi connectivity index (χ3n) is 4.80. The Morgan fingerprint density at radius 1 is 1.04 bits per heavy atom. The van der Waals surface area contributed by atoms with E-state index in [0.29, 0.717) is 36.7 Å². The Kier molecular flexibility index (Phi) is 6.02. The van der Waals surface area contributed by atoms with Crippen LogP contribution in [0, 0.1) is 5.92 Å². The summed E-state index contributed by atoms with van der Waals surface area (Å²) in [5.41, 5.74) is 9.17. The van der Waals surface area contributed by atoms with Crippen LogP contribution in [-0.4, -0.2) is 24.9 Å². The predicted molar refractivity (Wildman–Crippen MR) is 103 cm³/mol. The van der Waals surface area contributed by atoms with Crippen LogP contribution in [0.3, 0.4) is 0 Å². The van der Waals surface area contributed by atoms with Crippen molar-refractivity contribution in [1.29, 1.82) is 0 Å². The minimum Gasteiger partial charge on any atom is -0.351 e. The fraction of sp³-hybridized carbons (Fsp3) is 0.333. The van der Waals surface area contributed by atoms with Crippen molar-refractivity contribution in [1.82, 2.24) is 5.32 Å². The Morgan fingerprint density at radius 3 is 2.58 bits per heavy atom. The van der Waals surface area contributed by atoms with Gasteiger partial charge < -0.3 is 16.4 Å². The maximum absolute atomic E-state index is 12.5. The molecule has 5 nitrogen and oxygen atoms in total. The van der Waals surface area contributed by atoms with E-state index in [0.717, 1.165) is 19.3 Å². The predicted octanol–water partition coefficient (Wildman–Crippen LogP) is 2.51. The van der Waals surface area contributed by atoms with Crippen molar-refractivity contribution in [3.05, 3.63) is 65.2 Å². The van der Waals surface area contributed by atoms with Gasteiger partial charge in [0, 0.05) is 19.5 Å². The van der Waals surface area contributed by atoms with Crippen LogP contribution in [0.25, 0.3) is 0 Å². The molecule has 2 aromatic carbocycles. The summed E-state index contributed by atoms with van der Waals surface area (Å²) in [6.07, 6.45) is 3.44. The largest absolute Gasteiger partial charge is 0.351 e. The minimum atomic E-state index is -0.224. The van der Waals surface area contributed by atoms with Crippen molar-refractivity contribution < 1.29 is 9.59 Å². The van der Waals surface area contributed by atoms with E-state index in [4.69, 9.17) is 5.73 Å². The molecule has 4 N–H and O–H groups in total. The molecule has 1 aliphatic rings. The quantitative estimate of drug-likeness (QED) is 0.748. The van der Waals surface area contributed by atoms with Crippen molar-refractivity contribution in [2.45, 2.75) is 25.7 Å². The van der Waals surface area contributed by atoms with Crippen LogP contribution in [0.5, 0.6) is 0 Å². The molecular formula is C21H25N3O2. The van der Waals surface area contributed by atoms with E-state index in [-0.39, 0.29) is 11.8 Å². The molecule has 0 aromatic heterocycles. The van der Waals surface area contributed by atoms with Gasteiger partial charge in [0.25, 0.3) is 5.91 Å². The highest BCUT2D eigenvalue weighted by Crippen LogP contribution is 2.28. The van der Waals surface area contributed by atoms with Gasteiger partial charge in [0.1, 0.15) is 0 Å². The van der Waals surface area contributed by atoms with E-state index in [9.17, 15) is 9.59 Å². The second-order valence-corrected chi connectivity index (χ2v) is 6.72. The number of para-hydroxylation sites is 1. The molecule has 1 atom stereocenters. The van der Waals surface area contributed by atoms with Gasteiger partial charge in [-0.1, -0.05) is 36.4 Å². The number of amides is 2. The van der Waals surface area contributed by atoms with E-state index < -0.39 is 0 Å². The van der Waals surface area contributed by atoms with Crippen molar-refractivity contribution >= 4 is 17.5 Å². The number of aryl methyl sites for hydroxylation is 1. The number of nitrogens with two attached hydrogens (primary N) is 1. The summed E-state index contributed by atoms with van der Waals surface area (Å²) in [5.74, 6) is 0.0644. The molecular weight excluding hydrogens is 326 g/mol. The van der Waals surface area contributed by atoms with Gasteiger partial charge in [-0.3, -0.25) is 9.59 Å². The van der Waals surface area contributed by atoms with Crippen LogP contribution in [-0.2, 0) is 17.6 Å². The Balaban J connectivity index is 1.61. The van der Waals surface area contributed by atoms with Crippen molar-refractivity contribution in [3.8, 4) is 0 Å². The Bertz CT molecular complexity index is 788. The molecule has 0 bridgehead atoms. The van der Waals surface area contributed by atoms with Crippen molar-refractivity contribution in [3.63, 3.8) is 0 Å². The van der Waals surface area contributed by atoms with Gasteiger partial charge in [-0.05, 0) is 48.4 Å². The molecule has 0 spiro atoms. The second kappa shape index (κ2) is 8.63. The van der Waals surface area contributed by atoms with E-state index in [1.165, 1.54) is 11.1 Å². The number of rotatable bonds is 6. The van der Waals surface area contributed by atoms with Gasteiger partial charge in [-0.25, -0.2) is 0 Å². The summed E-state index contributed by atoms with van der Waals surface area (Å²) in [6, 6.07) is 15.5. The van der Waals surface area contributed by atoms with E-state index in [2.05, 4.69) is 34.9 Å². The van der Waals surface area contributed by atoms with Crippen LogP contribution in [0.15, 0.2) is 48.5 Å². The first kappa shape index (κ1) is 18.1. The lowest BCUT2D eigenvalue weighted by molar-refractivity contribution is -0.117. The van der Waals surface area contributed by atoms with Gasteiger partial charge >= 0.3 is 0 Å². The first-order valence-electron chi connectivity index (χ1n) is 9.11. The summed E-state index contributed by atoms with van der Waals surface area (Å²) < 4.78 is 0. The van der Waals surface area contributed by atoms with E-state index in [1.54, 1.807) is 18.2 Å². The fourth-order valence-electron chi connectivity index (χ4n) is 3.48. The highest BCUT2D eigenvalue weighted by molar-refractivity contribution is 6.03. The van der Waals surface area contributed by atoms with Gasteiger partial charge in [0.05, 0.1) is 11.3 Å². The highest BCUT2D eigenvalue weighted by atomic mass is 16.2. The van der Waals surface area contributed by atoms with Crippen LogP contribution in [0.4, 0.5) is 5.69 Å². The standard InChI is InChI=1S/C21H25N3O2/c22-11-12-23-21(26)18-7-3-4-8-19(18)24-20(25)14-15-9-10-16-5-1-2-6-17(16)13-15/h1-8,15H,9-14,22H2,(H,23,26)(H,24,25). The molecule has 1 unspecified atom stereocenters. The highest BCUT2D eigenvalue weighted by Gasteiger charge is 2.21. The molecule has 3 rings (SSSR count). The number of anilines is 1. The number of hydrogen-bond donors (Lipinski definition) is 3. The fourth-order valence-corrected chi connectivity index (χ4v) is 3.48. The summed E-state index contributed by atoms with van der Waals surface area (Å²) in [6.45, 7) is 0.784. The van der Waals surface area contributed by atoms with Gasteiger partial charge in [-0.15, -0.1) is 0 Å². The Morgan fingerprint density at radius 2 is 1.77 bits per heavy atom. The zero-order valence-electron chi connectivity index (χ0n) is 14.8. The molecule has 0 aliphatic heterocycles. The Labute approximate surface area is 154 Å². The topological polar surface area (TPSA) is 84.2 Å². The number of hydrogen-bond acceptors (Lipinski definition) is 3. The molecule has 0 fully saturated rings. The summed E-state index contributed by atoms with van der Waals surface area (Å²) in [4.78, 5) is 24.7. The van der Waals surface area contributed by atoms with Crippen molar-refractivity contribution in [2.24, 2.45) is 11.7 Å². The van der Waals surface area contributed by atoms with Crippen LogP contribution >= 0.6 is 0 Å². The number of fused-ring (bicyclic) bond motifs is 1. The number of nitrogens with one attached hydrogen (secondary N) is 2. The monoisotopic (exact) mass is 351 g/mol. The SMILES string of the molecule is NCCNC(=O)c1ccccc1NC(=O)CC1CCc2ccccc2C1. The molecule has 136 valence electrons. The van der Waals surface area contributed by atoms with Crippen molar-refractivity contribution in [2.75, 3.05) is 18.4 Å². The molecule has 0 saturated heterocycles. The molecule has 2 amide bonds. The zero-order chi connectivity index (χ0) is 18.4. The van der Waals surface area contributed by atoms with E-state index >= 15 is 0 Å². The molecule has 0 saturated carbocycles. The minimum absolute atomic E-state index is 0.0477. The van der Waals surface area contributed by atoms with E-state index in [1.807, 2.05) is 6.07 Å². The molecule has 0 heterocycles. The maximum atomic E-state index is 12.5. The lowest BCUT2D eigenvalue weighted by atomic mass is 9.82. The second-order valence-electron chi connectivity index (χ2n) is 6.72. The molecule has 1 aliphatic carbocycles. The maximum Gasteiger partial charge on any atom is 0.253 e. The molecule has 5 heteroatoms. The van der Waals surface area contributed by atoms with Crippen LogP contribution < -0.4 is 16.4 Å². The first-order valence-corrected chi connectivity index (χ1v) is 9.11. The average Bonchev–Trinajstić information content (AvgIpc) is 2.66. The lowest BCUT2D eigenvalue weighted by Gasteiger charge is -2.24. The molecule has 26 heavy (non-hydrogen) atoms. The smallest absolute Gasteiger partial charge is 0.253 e. The van der Waals surface area contributed by atoms with Crippen LogP contribution in [0.1, 0.15) is 34.3 Å². The average molecular weight is 351 g/mol. The number of carbonyl (C=O) groups excluding carboxylic acids is 2. The lowest BCUT2D eigenvalue weighted by Crippen LogP contribution is -2.30. The molecule has 2 aromatic rings. The normalized spacial score (nSPS) is 15.8. The third-order valence-corrected chi connectivity index (χ3v) is 4.80. The number of benzene rings is 2. The zero-order valence-corrected chi connectivity index (χ0v) is 14.8. The first-order chi connectivity index (χ1) is 12.7. The summed E-state index contributed by atoms with van der Waals surface area (Å²) in [7, 11) is 0. The summed E-state index contributed by atoms with van der Waals surface area (Å²) >= 11 is 0. The summed E-state index contributed by atoms with van der Waals surface area (Å²) in [5, 5.41) is 5.65. The van der Waals surface area contributed by atoms with Crippen LogP contribution in [0.2, 0.25) is 0 Å². The van der Waals surface area contributed by atoms with Gasteiger partial charge in [0.2, 0.25) is 5.91 Å². The van der Waals surface area contributed by atoms with Gasteiger partial charge in [-0.2, -0.15) is 0 Å². The third kappa shape index (κ3) is 4.49. The molecule has 0 radical (unpaired) electrons. The Hall–Kier alpha value is -2.66. The van der Waals surface area contributed by atoms with Gasteiger partial charge in [0.15, 0.2) is 0 Å².